The lowest BCUT2D eigenvalue weighted by molar-refractivity contribution is -0.142. The molecule has 0 saturated heterocycles. The summed E-state index contributed by atoms with van der Waals surface area (Å²) in [6.45, 7) is 0.201. The van der Waals surface area contributed by atoms with Gasteiger partial charge in [0.15, 0.2) is 0 Å². The summed E-state index contributed by atoms with van der Waals surface area (Å²) in [5.74, 6) is -0.000646. The SMILES string of the molecule is OCCCNc1nc(Nc2ccc(C(F)(F)F)cc2C(F)(F)F)cc(-c2ccncc2)n1. The minimum atomic E-state index is -5.03. The second-order valence-corrected chi connectivity index (χ2v) is 6.58. The predicted molar refractivity (Wildman–Crippen MR) is 105 cm³/mol. The number of aliphatic hydroxyl groups is 1. The Bertz CT molecular complexity index is 1060. The molecule has 3 rings (SSSR count). The summed E-state index contributed by atoms with van der Waals surface area (Å²) in [6, 6.07) is 5.94. The van der Waals surface area contributed by atoms with Crippen molar-refractivity contribution in [2.75, 3.05) is 23.8 Å². The van der Waals surface area contributed by atoms with Crippen LogP contribution in [-0.4, -0.2) is 33.2 Å². The Morgan fingerprint density at radius 3 is 2.22 bits per heavy atom. The van der Waals surface area contributed by atoms with Gasteiger partial charge in [0, 0.05) is 37.2 Å². The lowest BCUT2D eigenvalue weighted by Crippen LogP contribution is -2.14. The van der Waals surface area contributed by atoms with Crippen LogP contribution < -0.4 is 10.6 Å². The molecule has 0 fully saturated rings. The van der Waals surface area contributed by atoms with Crippen LogP contribution in [0.5, 0.6) is 0 Å². The molecule has 0 aliphatic rings. The van der Waals surface area contributed by atoms with Crippen LogP contribution in [-0.2, 0) is 12.4 Å². The van der Waals surface area contributed by atoms with Gasteiger partial charge in [0.25, 0.3) is 0 Å². The van der Waals surface area contributed by atoms with Crippen LogP contribution in [0, 0.1) is 0 Å². The van der Waals surface area contributed by atoms with E-state index in [1.54, 1.807) is 12.1 Å². The van der Waals surface area contributed by atoms with Crippen molar-refractivity contribution in [3.8, 4) is 11.3 Å². The fourth-order valence-electron chi connectivity index (χ4n) is 2.74. The van der Waals surface area contributed by atoms with Crippen molar-refractivity contribution >= 4 is 17.5 Å². The molecule has 0 spiro atoms. The first-order valence-electron chi connectivity index (χ1n) is 9.27. The van der Waals surface area contributed by atoms with Gasteiger partial charge < -0.3 is 15.7 Å². The summed E-state index contributed by atoms with van der Waals surface area (Å²) in [5, 5.41) is 14.2. The van der Waals surface area contributed by atoms with Gasteiger partial charge in [0.1, 0.15) is 5.82 Å². The molecule has 0 saturated carbocycles. The van der Waals surface area contributed by atoms with E-state index in [1.165, 1.54) is 18.5 Å². The first-order chi connectivity index (χ1) is 15.1. The summed E-state index contributed by atoms with van der Waals surface area (Å²) in [4.78, 5) is 12.3. The third-order valence-corrected chi connectivity index (χ3v) is 4.24. The number of aliphatic hydroxyl groups excluding tert-OH is 1. The van der Waals surface area contributed by atoms with E-state index in [1.807, 2.05) is 0 Å². The van der Waals surface area contributed by atoms with E-state index in [0.29, 0.717) is 36.4 Å². The average molecular weight is 457 g/mol. The van der Waals surface area contributed by atoms with Gasteiger partial charge in [-0.1, -0.05) is 0 Å². The Kier molecular flexibility index (Phi) is 6.82. The highest BCUT2D eigenvalue weighted by molar-refractivity contribution is 5.69. The molecule has 3 aromatic rings. The number of rotatable bonds is 7. The van der Waals surface area contributed by atoms with Gasteiger partial charge in [-0.2, -0.15) is 31.3 Å². The normalized spacial score (nSPS) is 12.0. The van der Waals surface area contributed by atoms with Gasteiger partial charge >= 0.3 is 12.4 Å². The van der Waals surface area contributed by atoms with Crippen molar-refractivity contribution in [2.24, 2.45) is 0 Å². The van der Waals surface area contributed by atoms with Crippen LogP contribution in [0.3, 0.4) is 0 Å². The van der Waals surface area contributed by atoms with E-state index in [9.17, 15) is 26.3 Å². The second kappa shape index (κ2) is 9.39. The molecule has 6 nitrogen and oxygen atoms in total. The summed E-state index contributed by atoms with van der Waals surface area (Å²) >= 11 is 0. The highest BCUT2D eigenvalue weighted by Gasteiger charge is 2.38. The number of halogens is 6. The van der Waals surface area contributed by atoms with E-state index in [0.717, 1.165) is 0 Å². The van der Waals surface area contributed by atoms with E-state index in [-0.39, 0.29) is 24.4 Å². The Morgan fingerprint density at radius 2 is 1.59 bits per heavy atom. The van der Waals surface area contributed by atoms with Crippen molar-refractivity contribution in [1.29, 1.82) is 0 Å². The van der Waals surface area contributed by atoms with Crippen LogP contribution in [0.2, 0.25) is 0 Å². The van der Waals surface area contributed by atoms with E-state index in [4.69, 9.17) is 5.11 Å². The second-order valence-electron chi connectivity index (χ2n) is 6.58. The number of anilines is 3. The van der Waals surface area contributed by atoms with Gasteiger partial charge in [-0.3, -0.25) is 4.98 Å². The quantitative estimate of drug-likeness (QED) is 0.338. The molecule has 0 atom stereocenters. The predicted octanol–water partition coefficient (Wildman–Crippen LogP) is 5.11. The number of aromatic nitrogens is 3. The molecular formula is C20H17F6N5O. The summed E-state index contributed by atoms with van der Waals surface area (Å²) in [7, 11) is 0. The molecule has 0 amide bonds. The Morgan fingerprint density at radius 1 is 0.875 bits per heavy atom. The number of benzene rings is 1. The molecule has 0 aliphatic heterocycles. The molecule has 1 aromatic carbocycles. The van der Waals surface area contributed by atoms with Gasteiger partial charge in [0.05, 0.1) is 22.5 Å². The molecule has 0 radical (unpaired) electrons. The average Bonchev–Trinajstić information content (AvgIpc) is 2.73. The number of pyridine rings is 1. The fraction of sp³-hybridized carbons (Fsp3) is 0.250. The number of hydrogen-bond acceptors (Lipinski definition) is 6. The van der Waals surface area contributed by atoms with Gasteiger partial charge in [0.2, 0.25) is 5.95 Å². The minimum Gasteiger partial charge on any atom is -0.396 e. The van der Waals surface area contributed by atoms with Gasteiger partial charge in [-0.05, 0) is 36.8 Å². The molecule has 170 valence electrons. The maximum atomic E-state index is 13.5. The number of nitrogens with zero attached hydrogens (tertiary/aromatic N) is 3. The third-order valence-electron chi connectivity index (χ3n) is 4.24. The van der Waals surface area contributed by atoms with Crippen LogP contribution >= 0.6 is 0 Å². The molecule has 32 heavy (non-hydrogen) atoms. The van der Waals surface area contributed by atoms with Crippen LogP contribution in [0.15, 0.2) is 48.8 Å². The highest BCUT2D eigenvalue weighted by Crippen LogP contribution is 2.40. The van der Waals surface area contributed by atoms with Crippen LogP contribution in [0.25, 0.3) is 11.3 Å². The molecule has 2 heterocycles. The molecule has 3 N–H and O–H groups in total. The zero-order chi connectivity index (χ0) is 23.4. The smallest absolute Gasteiger partial charge is 0.396 e. The standard InChI is InChI=1S/C20H17F6N5O/c21-19(22,23)13-2-3-15(14(10-13)20(24,25)26)29-17-11-16(12-4-7-27-8-5-12)30-18(31-17)28-6-1-9-32/h2-5,7-8,10-11,32H,1,6,9H2,(H2,28,29,30,31). The maximum absolute atomic E-state index is 13.5. The van der Waals surface area contributed by atoms with Crippen molar-refractivity contribution in [2.45, 2.75) is 18.8 Å². The van der Waals surface area contributed by atoms with Crippen LogP contribution in [0.4, 0.5) is 43.8 Å². The first-order valence-corrected chi connectivity index (χ1v) is 9.27. The van der Waals surface area contributed by atoms with Gasteiger partial charge in [-0.15, -0.1) is 0 Å². The zero-order valence-corrected chi connectivity index (χ0v) is 16.3. The van der Waals surface area contributed by atoms with E-state index in [2.05, 4.69) is 25.6 Å². The Hall–Kier alpha value is -3.41. The minimum absolute atomic E-state index is 0.0493. The van der Waals surface area contributed by atoms with Gasteiger partial charge in [-0.25, -0.2) is 4.98 Å². The maximum Gasteiger partial charge on any atom is 0.418 e. The molecule has 0 bridgehead atoms. The van der Waals surface area contributed by atoms with Crippen molar-refractivity contribution in [3.63, 3.8) is 0 Å². The number of hydrogen-bond donors (Lipinski definition) is 3. The van der Waals surface area contributed by atoms with E-state index < -0.39 is 29.2 Å². The largest absolute Gasteiger partial charge is 0.418 e. The molecule has 2 aromatic heterocycles. The van der Waals surface area contributed by atoms with E-state index >= 15 is 0 Å². The number of alkyl halides is 6. The summed E-state index contributed by atoms with van der Waals surface area (Å²) < 4.78 is 79.1. The lowest BCUT2D eigenvalue weighted by Gasteiger charge is -2.17. The molecule has 0 unspecified atom stereocenters. The zero-order valence-electron chi connectivity index (χ0n) is 16.3. The fourth-order valence-corrected chi connectivity index (χ4v) is 2.74. The highest BCUT2D eigenvalue weighted by atomic mass is 19.4. The monoisotopic (exact) mass is 457 g/mol. The Balaban J connectivity index is 2.03. The van der Waals surface area contributed by atoms with Crippen LogP contribution in [0.1, 0.15) is 17.5 Å². The summed E-state index contributed by atoms with van der Waals surface area (Å²) in [6.07, 6.45) is -6.58. The third kappa shape index (κ3) is 5.84. The number of nitrogens with one attached hydrogen (secondary N) is 2. The first kappa shape index (κ1) is 23.3. The molecular weight excluding hydrogens is 440 g/mol. The lowest BCUT2D eigenvalue weighted by atomic mass is 10.1. The molecule has 0 aliphatic carbocycles. The topological polar surface area (TPSA) is 83.0 Å². The Labute approximate surface area is 178 Å². The molecule has 12 heteroatoms. The van der Waals surface area contributed by atoms with Crippen molar-refractivity contribution < 1.29 is 31.4 Å². The van der Waals surface area contributed by atoms with Crippen molar-refractivity contribution in [1.82, 2.24) is 15.0 Å². The van der Waals surface area contributed by atoms with Crippen molar-refractivity contribution in [3.05, 3.63) is 59.9 Å². The summed E-state index contributed by atoms with van der Waals surface area (Å²) in [5.41, 5.74) is -2.55.